The molecule has 6 nitrogen and oxygen atoms in total. The molecule has 0 spiro atoms. The number of carbonyl (C=O) groups is 1. The number of benzene rings is 1. The van der Waals surface area contributed by atoms with Crippen molar-refractivity contribution in [3.63, 3.8) is 0 Å². The lowest BCUT2D eigenvalue weighted by Gasteiger charge is -2.35. The number of nitrogens with one attached hydrogen (secondary N) is 1. The fourth-order valence-electron chi connectivity index (χ4n) is 3.95. The summed E-state index contributed by atoms with van der Waals surface area (Å²) in [5, 5.41) is 3.58. The van der Waals surface area contributed by atoms with Crippen LogP contribution in [0.3, 0.4) is 0 Å². The summed E-state index contributed by atoms with van der Waals surface area (Å²) < 4.78 is 26.7. The highest BCUT2D eigenvalue weighted by molar-refractivity contribution is 7.89. The first-order valence-electron chi connectivity index (χ1n) is 9.31. The van der Waals surface area contributed by atoms with Crippen molar-refractivity contribution in [3.05, 3.63) is 29.8 Å². The average Bonchev–Trinajstić information content (AvgIpc) is 2.97. The number of sulfonamides is 1. The molecular weight excluding hydrogens is 386 g/mol. The Bertz CT molecular complexity index is 772. The Balaban J connectivity index is 0.00000261. The predicted molar refractivity (Wildman–Crippen MR) is 109 cm³/mol. The minimum absolute atomic E-state index is 0. The van der Waals surface area contributed by atoms with Gasteiger partial charge in [-0.25, -0.2) is 8.42 Å². The van der Waals surface area contributed by atoms with Crippen LogP contribution in [0.25, 0.3) is 0 Å². The highest BCUT2D eigenvalue weighted by atomic mass is 35.5. The highest BCUT2D eigenvalue weighted by Crippen LogP contribution is 2.30. The van der Waals surface area contributed by atoms with E-state index < -0.39 is 10.0 Å². The minimum atomic E-state index is -3.60. The Morgan fingerprint density at radius 2 is 1.74 bits per heavy atom. The Hall–Kier alpha value is -1.15. The van der Waals surface area contributed by atoms with Gasteiger partial charge in [0.25, 0.3) is 5.91 Å². The second-order valence-electron chi connectivity index (χ2n) is 7.82. The van der Waals surface area contributed by atoms with Crippen LogP contribution in [0.5, 0.6) is 0 Å². The lowest BCUT2D eigenvalue weighted by Crippen LogP contribution is -2.48. The van der Waals surface area contributed by atoms with Crippen LogP contribution in [0.1, 0.15) is 49.9 Å². The van der Waals surface area contributed by atoms with Gasteiger partial charge in [-0.15, -0.1) is 12.4 Å². The van der Waals surface area contributed by atoms with Crippen molar-refractivity contribution >= 4 is 28.3 Å². The number of piperidine rings is 1. The fourth-order valence-corrected chi connectivity index (χ4v) is 5.36. The molecule has 2 fully saturated rings. The second-order valence-corrected chi connectivity index (χ2v) is 9.82. The van der Waals surface area contributed by atoms with Crippen molar-refractivity contribution in [2.45, 2.75) is 68.6 Å². The van der Waals surface area contributed by atoms with Crippen molar-refractivity contribution in [2.24, 2.45) is 0 Å². The van der Waals surface area contributed by atoms with Gasteiger partial charge in [0, 0.05) is 43.8 Å². The van der Waals surface area contributed by atoms with E-state index in [9.17, 15) is 13.2 Å². The van der Waals surface area contributed by atoms with Gasteiger partial charge in [0.2, 0.25) is 10.0 Å². The van der Waals surface area contributed by atoms with Crippen LogP contribution in [-0.2, 0) is 10.0 Å². The fraction of sp³-hybridized carbons (Fsp3) is 0.632. The van der Waals surface area contributed by atoms with Crippen LogP contribution in [0.2, 0.25) is 0 Å². The molecule has 1 amide bonds. The summed E-state index contributed by atoms with van der Waals surface area (Å²) in [6, 6.07) is 7.46. The van der Waals surface area contributed by atoms with Gasteiger partial charge in [0.05, 0.1) is 4.90 Å². The summed E-state index contributed by atoms with van der Waals surface area (Å²) in [7, 11) is -0.206. The van der Waals surface area contributed by atoms with E-state index in [0.717, 1.165) is 12.8 Å². The van der Waals surface area contributed by atoms with E-state index in [1.165, 1.54) is 23.2 Å². The average molecular weight is 416 g/mol. The smallest absolute Gasteiger partial charge is 0.253 e. The number of carbonyl (C=O) groups excluding carboxylic acids is 1. The molecule has 2 bridgehead atoms. The van der Waals surface area contributed by atoms with Gasteiger partial charge < -0.3 is 10.2 Å². The molecule has 27 heavy (non-hydrogen) atoms. The molecule has 152 valence electrons. The van der Waals surface area contributed by atoms with Gasteiger partial charge in [-0.2, -0.15) is 4.31 Å². The van der Waals surface area contributed by atoms with Crippen LogP contribution in [0.15, 0.2) is 29.2 Å². The van der Waals surface area contributed by atoms with Crippen LogP contribution < -0.4 is 5.32 Å². The monoisotopic (exact) mass is 415 g/mol. The number of hydrogen-bond donors (Lipinski definition) is 1. The molecule has 8 heteroatoms. The first kappa shape index (κ1) is 22.1. The summed E-state index contributed by atoms with van der Waals surface area (Å²) in [5.41, 5.74) is 0.427. The molecule has 2 saturated heterocycles. The third-order valence-corrected chi connectivity index (χ3v) is 7.83. The van der Waals surface area contributed by atoms with E-state index in [2.05, 4.69) is 5.32 Å². The summed E-state index contributed by atoms with van der Waals surface area (Å²) >= 11 is 0. The SMILES string of the molecule is CC(C)N(C)S(=O)(=O)c1cccc(C(=O)N(C)C2CC3CCC(C2)N3)c1.Cl. The van der Waals surface area contributed by atoms with E-state index in [1.54, 1.807) is 30.1 Å². The second kappa shape index (κ2) is 8.47. The van der Waals surface area contributed by atoms with Crippen LogP contribution in [-0.4, -0.2) is 61.8 Å². The van der Waals surface area contributed by atoms with Gasteiger partial charge in [0.15, 0.2) is 0 Å². The third-order valence-electron chi connectivity index (χ3n) is 5.80. The van der Waals surface area contributed by atoms with Crippen molar-refractivity contribution in [1.82, 2.24) is 14.5 Å². The first-order valence-corrected chi connectivity index (χ1v) is 10.8. The minimum Gasteiger partial charge on any atom is -0.339 e. The lowest BCUT2D eigenvalue weighted by molar-refractivity contribution is 0.0681. The van der Waals surface area contributed by atoms with Crippen LogP contribution in [0, 0.1) is 0 Å². The van der Waals surface area contributed by atoms with Gasteiger partial charge in [-0.1, -0.05) is 6.07 Å². The molecule has 2 heterocycles. The molecule has 0 aromatic heterocycles. The largest absolute Gasteiger partial charge is 0.339 e. The lowest BCUT2D eigenvalue weighted by atomic mass is 9.98. The number of nitrogens with zero attached hydrogens (tertiary/aromatic N) is 2. The molecule has 2 aliphatic heterocycles. The molecule has 2 unspecified atom stereocenters. The number of hydrogen-bond acceptors (Lipinski definition) is 4. The molecule has 2 aliphatic rings. The Labute approximate surface area is 168 Å². The molecule has 3 rings (SSSR count). The summed E-state index contributed by atoms with van der Waals surface area (Å²) in [6.45, 7) is 3.65. The van der Waals surface area contributed by atoms with Crippen molar-refractivity contribution in [3.8, 4) is 0 Å². The molecule has 2 atom stereocenters. The van der Waals surface area contributed by atoms with Crippen molar-refractivity contribution in [2.75, 3.05) is 14.1 Å². The van der Waals surface area contributed by atoms with Crippen molar-refractivity contribution < 1.29 is 13.2 Å². The molecule has 0 aliphatic carbocycles. The highest BCUT2D eigenvalue weighted by Gasteiger charge is 2.36. The number of amides is 1. The van der Waals surface area contributed by atoms with Crippen molar-refractivity contribution in [1.29, 1.82) is 0 Å². The van der Waals surface area contributed by atoms with Crippen LogP contribution in [0.4, 0.5) is 0 Å². The van der Waals surface area contributed by atoms with E-state index in [1.807, 2.05) is 20.9 Å². The molecule has 0 radical (unpaired) electrons. The first-order chi connectivity index (χ1) is 12.2. The maximum Gasteiger partial charge on any atom is 0.253 e. The van der Waals surface area contributed by atoms with Crippen LogP contribution >= 0.6 is 12.4 Å². The van der Waals surface area contributed by atoms with Gasteiger partial charge in [-0.05, 0) is 57.7 Å². The maximum atomic E-state index is 13.0. The van der Waals surface area contributed by atoms with Gasteiger partial charge in [0.1, 0.15) is 0 Å². The quantitative estimate of drug-likeness (QED) is 0.802. The van der Waals surface area contributed by atoms with E-state index in [-0.39, 0.29) is 35.3 Å². The maximum absolute atomic E-state index is 13.0. The normalized spacial score (nSPS) is 24.7. The zero-order chi connectivity index (χ0) is 19.1. The topological polar surface area (TPSA) is 69.7 Å². The molecule has 0 saturated carbocycles. The van der Waals surface area contributed by atoms with Gasteiger partial charge >= 0.3 is 0 Å². The summed E-state index contributed by atoms with van der Waals surface area (Å²) in [5.74, 6) is -0.111. The third kappa shape index (κ3) is 4.47. The number of halogens is 1. The summed E-state index contributed by atoms with van der Waals surface area (Å²) in [6.07, 6.45) is 4.29. The standard InChI is InChI=1S/C19H29N3O3S.ClH/c1-13(2)22(4)26(24,25)18-7-5-6-14(10-18)19(23)21(3)17-11-15-8-9-16(12-17)20-15;/h5-7,10,13,15-17,20H,8-9,11-12H2,1-4H3;1H. The molecular formula is C19H30ClN3O3S. The Kier molecular flexibility index (Phi) is 6.95. The zero-order valence-corrected chi connectivity index (χ0v) is 18.0. The zero-order valence-electron chi connectivity index (χ0n) is 16.4. The summed E-state index contributed by atoms with van der Waals surface area (Å²) in [4.78, 5) is 14.9. The molecule has 1 N–H and O–H groups in total. The van der Waals surface area contributed by atoms with Gasteiger partial charge in [-0.3, -0.25) is 4.79 Å². The van der Waals surface area contributed by atoms with E-state index in [0.29, 0.717) is 17.6 Å². The van der Waals surface area contributed by atoms with E-state index >= 15 is 0 Å². The molecule has 1 aromatic carbocycles. The van der Waals surface area contributed by atoms with E-state index in [4.69, 9.17) is 0 Å². The number of fused-ring (bicyclic) bond motifs is 2. The Morgan fingerprint density at radius 1 is 1.15 bits per heavy atom. The molecule has 1 aromatic rings. The predicted octanol–water partition coefficient (Wildman–Crippen LogP) is 2.49. The number of rotatable bonds is 5. The Morgan fingerprint density at radius 3 is 2.30 bits per heavy atom.